The number of halogens is 2. The highest BCUT2D eigenvalue weighted by Gasteiger charge is 2.26. The molecule has 0 aromatic heterocycles. The molecule has 2 rings (SSSR count). The van der Waals surface area contributed by atoms with Crippen molar-refractivity contribution < 1.29 is 18.7 Å². The van der Waals surface area contributed by atoms with Crippen LogP contribution in [-0.4, -0.2) is 53.5 Å². The van der Waals surface area contributed by atoms with Crippen LogP contribution in [0.15, 0.2) is 18.2 Å². The Morgan fingerprint density at radius 1 is 1.21 bits per heavy atom. The molecule has 0 spiro atoms. The van der Waals surface area contributed by atoms with Gasteiger partial charge in [0, 0.05) is 50.8 Å². The molecule has 6 heteroatoms. The minimum absolute atomic E-state index is 0.0372. The van der Waals surface area contributed by atoms with Crippen LogP contribution in [0, 0.1) is 17.0 Å². The van der Waals surface area contributed by atoms with Crippen LogP contribution in [-0.2, 0) is 4.79 Å². The quantitative estimate of drug-likeness (QED) is 0.916. The van der Waals surface area contributed by atoms with E-state index in [-0.39, 0.29) is 23.4 Å². The lowest BCUT2D eigenvalue weighted by Crippen LogP contribution is -2.50. The predicted molar refractivity (Wildman–Crippen MR) is 88.4 cm³/mol. The third-order valence-corrected chi connectivity index (χ3v) is 4.16. The summed E-state index contributed by atoms with van der Waals surface area (Å²) in [5.41, 5.74) is 0.0625. The normalized spacial score (nSPS) is 17.8. The van der Waals surface area contributed by atoms with Crippen LogP contribution in [0.3, 0.4) is 0 Å². The largest absolute Gasteiger partial charge is 0.387 e. The molecule has 0 bridgehead atoms. The summed E-state index contributed by atoms with van der Waals surface area (Å²) >= 11 is 0. The number of hydrogen-bond acceptors (Lipinski definition) is 3. The average Bonchev–Trinajstić information content (AvgIpc) is 2.45. The maximum atomic E-state index is 13.7. The van der Waals surface area contributed by atoms with Crippen LogP contribution >= 0.6 is 0 Å². The van der Waals surface area contributed by atoms with E-state index in [0.717, 1.165) is 12.1 Å². The Labute approximate surface area is 142 Å². The number of amides is 1. The molecule has 1 heterocycles. The van der Waals surface area contributed by atoms with E-state index in [1.54, 1.807) is 0 Å². The number of β-amino-alcohol motifs (C(OH)–C–C–N with tert-alkyl or cyclic N) is 1. The van der Waals surface area contributed by atoms with Crippen molar-refractivity contribution in [2.24, 2.45) is 5.41 Å². The smallest absolute Gasteiger partial charge is 0.223 e. The molecule has 1 fully saturated rings. The van der Waals surface area contributed by atoms with E-state index >= 15 is 0 Å². The fourth-order valence-electron chi connectivity index (χ4n) is 2.86. The number of aliphatic hydroxyl groups is 1. The van der Waals surface area contributed by atoms with Crippen molar-refractivity contribution in [2.75, 3.05) is 32.7 Å². The summed E-state index contributed by atoms with van der Waals surface area (Å²) in [4.78, 5) is 16.0. The van der Waals surface area contributed by atoms with Crippen molar-refractivity contribution in [3.05, 3.63) is 35.4 Å². The Morgan fingerprint density at radius 3 is 2.38 bits per heavy atom. The van der Waals surface area contributed by atoms with Gasteiger partial charge in [-0.25, -0.2) is 8.78 Å². The molecular weight excluding hydrogens is 314 g/mol. The minimum atomic E-state index is -1.01. The molecule has 4 nitrogen and oxygen atoms in total. The SMILES string of the molecule is CC(C)(C)CC(=O)N1CCN(C[C@H](O)c2ccc(F)cc2F)CC1. The van der Waals surface area contributed by atoms with Gasteiger partial charge in [-0.2, -0.15) is 0 Å². The van der Waals surface area contributed by atoms with Crippen LogP contribution in [0.4, 0.5) is 8.78 Å². The van der Waals surface area contributed by atoms with Crippen molar-refractivity contribution in [1.82, 2.24) is 9.80 Å². The van der Waals surface area contributed by atoms with Gasteiger partial charge in [0.05, 0.1) is 6.10 Å². The van der Waals surface area contributed by atoms with Gasteiger partial charge in [-0.15, -0.1) is 0 Å². The number of carbonyl (C=O) groups excluding carboxylic acids is 1. The van der Waals surface area contributed by atoms with Crippen LogP contribution in [0.25, 0.3) is 0 Å². The summed E-state index contributed by atoms with van der Waals surface area (Å²) in [5.74, 6) is -1.25. The van der Waals surface area contributed by atoms with Gasteiger partial charge in [-0.1, -0.05) is 26.8 Å². The van der Waals surface area contributed by atoms with E-state index in [1.807, 2.05) is 30.6 Å². The second kappa shape index (κ2) is 7.57. The highest BCUT2D eigenvalue weighted by atomic mass is 19.1. The molecule has 1 atom stereocenters. The van der Waals surface area contributed by atoms with Crippen molar-refractivity contribution >= 4 is 5.91 Å². The lowest BCUT2D eigenvalue weighted by Gasteiger charge is -2.36. The molecule has 1 aromatic carbocycles. The molecule has 1 saturated heterocycles. The minimum Gasteiger partial charge on any atom is -0.387 e. The first-order valence-corrected chi connectivity index (χ1v) is 8.29. The van der Waals surface area contributed by atoms with Crippen LogP contribution in [0.1, 0.15) is 38.9 Å². The summed E-state index contributed by atoms with van der Waals surface area (Å²) in [6.45, 7) is 8.86. The summed E-state index contributed by atoms with van der Waals surface area (Å²) in [5, 5.41) is 10.2. The molecule has 0 aliphatic carbocycles. The van der Waals surface area contributed by atoms with Crippen molar-refractivity contribution in [2.45, 2.75) is 33.3 Å². The second-order valence-corrected chi connectivity index (χ2v) is 7.60. The van der Waals surface area contributed by atoms with E-state index in [2.05, 4.69) is 0 Å². The molecule has 1 amide bonds. The molecule has 0 unspecified atom stereocenters. The second-order valence-electron chi connectivity index (χ2n) is 7.60. The number of aliphatic hydroxyl groups excluding tert-OH is 1. The average molecular weight is 340 g/mol. The number of rotatable bonds is 4. The van der Waals surface area contributed by atoms with Crippen LogP contribution < -0.4 is 0 Å². The predicted octanol–water partition coefficient (Wildman–Crippen LogP) is 2.58. The van der Waals surface area contributed by atoms with Gasteiger partial charge in [0.1, 0.15) is 11.6 Å². The molecule has 1 aliphatic rings. The first-order chi connectivity index (χ1) is 11.2. The van der Waals surface area contributed by atoms with E-state index < -0.39 is 17.7 Å². The topological polar surface area (TPSA) is 43.8 Å². The Kier molecular flexibility index (Phi) is 5.93. The number of nitrogens with zero attached hydrogens (tertiary/aromatic N) is 2. The third-order valence-electron chi connectivity index (χ3n) is 4.16. The standard InChI is InChI=1S/C18H26F2N2O2/c1-18(2,3)11-17(24)22-8-6-21(7-9-22)12-16(23)14-5-4-13(19)10-15(14)20/h4-5,10,16,23H,6-9,11-12H2,1-3H3/t16-/m0/s1. The summed E-state index contributed by atoms with van der Waals surface area (Å²) in [7, 11) is 0. The zero-order valence-electron chi connectivity index (χ0n) is 14.6. The molecule has 0 radical (unpaired) electrons. The fraction of sp³-hybridized carbons (Fsp3) is 0.611. The maximum absolute atomic E-state index is 13.7. The zero-order chi connectivity index (χ0) is 17.9. The Morgan fingerprint density at radius 2 is 1.83 bits per heavy atom. The molecule has 0 saturated carbocycles. The van der Waals surface area contributed by atoms with Gasteiger partial charge in [0.2, 0.25) is 5.91 Å². The number of hydrogen-bond donors (Lipinski definition) is 1. The Balaban J connectivity index is 1.85. The first kappa shape index (κ1) is 18.8. The van der Waals surface area contributed by atoms with Gasteiger partial charge in [0.15, 0.2) is 0 Å². The molecule has 1 aliphatic heterocycles. The highest BCUT2D eigenvalue weighted by molar-refractivity contribution is 5.76. The van der Waals surface area contributed by atoms with Gasteiger partial charge < -0.3 is 10.0 Å². The molecule has 134 valence electrons. The number of carbonyl (C=O) groups is 1. The summed E-state index contributed by atoms with van der Waals surface area (Å²) < 4.78 is 26.6. The molecule has 1 N–H and O–H groups in total. The Bertz CT molecular complexity index is 579. The van der Waals surface area contributed by atoms with Crippen molar-refractivity contribution in [3.63, 3.8) is 0 Å². The maximum Gasteiger partial charge on any atom is 0.223 e. The fourth-order valence-corrected chi connectivity index (χ4v) is 2.86. The van der Waals surface area contributed by atoms with E-state index in [4.69, 9.17) is 0 Å². The lowest BCUT2D eigenvalue weighted by atomic mass is 9.91. The van der Waals surface area contributed by atoms with Crippen LogP contribution in [0.5, 0.6) is 0 Å². The van der Waals surface area contributed by atoms with E-state index in [1.165, 1.54) is 6.07 Å². The van der Waals surface area contributed by atoms with Gasteiger partial charge in [-0.05, 0) is 11.5 Å². The first-order valence-electron chi connectivity index (χ1n) is 8.29. The third kappa shape index (κ3) is 5.24. The van der Waals surface area contributed by atoms with Gasteiger partial charge >= 0.3 is 0 Å². The van der Waals surface area contributed by atoms with E-state index in [0.29, 0.717) is 32.6 Å². The molecular formula is C18H26F2N2O2. The highest BCUT2D eigenvalue weighted by Crippen LogP contribution is 2.22. The van der Waals surface area contributed by atoms with E-state index in [9.17, 15) is 18.7 Å². The lowest BCUT2D eigenvalue weighted by molar-refractivity contribution is -0.135. The molecule has 1 aromatic rings. The van der Waals surface area contributed by atoms with Crippen molar-refractivity contribution in [1.29, 1.82) is 0 Å². The monoisotopic (exact) mass is 340 g/mol. The van der Waals surface area contributed by atoms with Gasteiger partial charge in [0.25, 0.3) is 0 Å². The number of piperazine rings is 1. The summed E-state index contributed by atoms with van der Waals surface area (Å²) in [6.07, 6.45) is -0.501. The van der Waals surface area contributed by atoms with Crippen LogP contribution in [0.2, 0.25) is 0 Å². The van der Waals surface area contributed by atoms with Gasteiger partial charge in [-0.3, -0.25) is 9.69 Å². The Hall–Kier alpha value is -1.53. The zero-order valence-corrected chi connectivity index (χ0v) is 14.6. The molecule has 24 heavy (non-hydrogen) atoms. The van der Waals surface area contributed by atoms with Crippen molar-refractivity contribution in [3.8, 4) is 0 Å². The summed E-state index contributed by atoms with van der Waals surface area (Å²) in [6, 6.07) is 3.20. The number of benzene rings is 1.